The van der Waals surface area contributed by atoms with Gasteiger partial charge in [-0.2, -0.15) is 0 Å². The highest BCUT2D eigenvalue weighted by atomic mass is 31.1. The standard InChI is InChI=1S/C20H24N3O5P/c1-29-18(26)8-3-2-7-16(24)21-14-6-4-5-12-13(14)11-23(20(12)28)15-9-10-17(25)22-19(15)27/h4-6,15,29H,2-3,7-11H2,1H3,(H,21,24)(H,22,25,27). The van der Waals surface area contributed by atoms with E-state index >= 15 is 0 Å². The number of carbonyl (C=O) groups excluding carboxylic acids is 5. The van der Waals surface area contributed by atoms with Crippen LogP contribution in [0.25, 0.3) is 0 Å². The van der Waals surface area contributed by atoms with Crippen molar-refractivity contribution in [3.05, 3.63) is 29.3 Å². The Labute approximate surface area is 170 Å². The van der Waals surface area contributed by atoms with Gasteiger partial charge in [0.15, 0.2) is 5.52 Å². The van der Waals surface area contributed by atoms with Crippen LogP contribution in [0.4, 0.5) is 5.69 Å². The number of unbranched alkanes of at least 4 members (excludes halogenated alkanes) is 1. The molecule has 8 nitrogen and oxygen atoms in total. The number of benzene rings is 1. The van der Waals surface area contributed by atoms with Crippen LogP contribution in [0, 0.1) is 0 Å². The molecule has 0 aliphatic carbocycles. The first kappa shape index (κ1) is 21.1. The van der Waals surface area contributed by atoms with E-state index in [1.807, 2.05) is 6.66 Å². The number of hydrogen-bond acceptors (Lipinski definition) is 5. The van der Waals surface area contributed by atoms with E-state index in [4.69, 9.17) is 0 Å². The molecule has 154 valence electrons. The molecule has 2 heterocycles. The van der Waals surface area contributed by atoms with Gasteiger partial charge in [0.05, 0.1) is 0 Å². The summed E-state index contributed by atoms with van der Waals surface area (Å²) in [6, 6.07) is 4.42. The molecule has 0 spiro atoms. The summed E-state index contributed by atoms with van der Waals surface area (Å²) in [5.74, 6) is -1.24. The van der Waals surface area contributed by atoms with Crippen LogP contribution in [-0.2, 0) is 25.7 Å². The van der Waals surface area contributed by atoms with Crippen molar-refractivity contribution in [1.82, 2.24) is 10.2 Å². The van der Waals surface area contributed by atoms with Crippen molar-refractivity contribution in [1.29, 1.82) is 0 Å². The van der Waals surface area contributed by atoms with Gasteiger partial charge in [-0.25, -0.2) is 0 Å². The van der Waals surface area contributed by atoms with Crippen LogP contribution < -0.4 is 10.6 Å². The highest BCUT2D eigenvalue weighted by Gasteiger charge is 2.39. The number of nitrogens with one attached hydrogen (secondary N) is 2. The Kier molecular flexibility index (Phi) is 6.75. The number of imide groups is 1. The van der Waals surface area contributed by atoms with E-state index in [0.29, 0.717) is 48.9 Å². The van der Waals surface area contributed by atoms with Crippen LogP contribution >= 0.6 is 8.58 Å². The van der Waals surface area contributed by atoms with Crippen LogP contribution in [0.1, 0.15) is 54.4 Å². The fourth-order valence-corrected chi connectivity index (χ4v) is 4.04. The van der Waals surface area contributed by atoms with Crippen molar-refractivity contribution >= 4 is 43.4 Å². The minimum absolute atomic E-state index is 0.170. The quantitative estimate of drug-likeness (QED) is 0.380. The lowest BCUT2D eigenvalue weighted by atomic mass is 10.0. The summed E-state index contributed by atoms with van der Waals surface area (Å²) < 4.78 is 0. The fourth-order valence-electron chi connectivity index (χ4n) is 3.61. The van der Waals surface area contributed by atoms with Gasteiger partial charge in [0.1, 0.15) is 6.04 Å². The smallest absolute Gasteiger partial charge is 0.255 e. The summed E-state index contributed by atoms with van der Waals surface area (Å²) in [5.41, 5.74) is 1.92. The average Bonchev–Trinajstić information content (AvgIpc) is 3.03. The summed E-state index contributed by atoms with van der Waals surface area (Å²) in [4.78, 5) is 61.4. The van der Waals surface area contributed by atoms with Crippen molar-refractivity contribution in [3.8, 4) is 0 Å². The van der Waals surface area contributed by atoms with Crippen molar-refractivity contribution in [3.63, 3.8) is 0 Å². The zero-order valence-electron chi connectivity index (χ0n) is 16.2. The first-order valence-corrected chi connectivity index (χ1v) is 11.2. The van der Waals surface area contributed by atoms with Crippen LogP contribution in [0.3, 0.4) is 0 Å². The maximum absolute atomic E-state index is 12.8. The fraction of sp³-hybridized carbons (Fsp3) is 0.450. The molecule has 0 bridgehead atoms. The van der Waals surface area contributed by atoms with Gasteiger partial charge < -0.3 is 10.2 Å². The molecule has 0 saturated carbocycles. The van der Waals surface area contributed by atoms with Crippen LogP contribution in [-0.4, -0.2) is 46.8 Å². The molecule has 2 atom stereocenters. The molecule has 2 aliphatic heterocycles. The largest absolute Gasteiger partial charge is 0.326 e. The summed E-state index contributed by atoms with van der Waals surface area (Å²) in [6.45, 7) is 2.06. The number of anilines is 1. The zero-order valence-corrected chi connectivity index (χ0v) is 17.2. The topological polar surface area (TPSA) is 113 Å². The molecular weight excluding hydrogens is 393 g/mol. The van der Waals surface area contributed by atoms with Crippen molar-refractivity contribution in [2.24, 2.45) is 0 Å². The number of carbonyl (C=O) groups is 5. The van der Waals surface area contributed by atoms with E-state index < -0.39 is 11.9 Å². The molecule has 2 N–H and O–H groups in total. The number of amides is 4. The predicted molar refractivity (Wildman–Crippen MR) is 109 cm³/mol. The number of hydrogen-bond donors (Lipinski definition) is 2. The van der Waals surface area contributed by atoms with Crippen molar-refractivity contribution in [2.45, 2.75) is 51.1 Å². The highest BCUT2D eigenvalue weighted by molar-refractivity contribution is 7.57. The SMILES string of the molecule is CPC(=O)CCCCC(=O)Nc1cccc2c1CN(C1CCC(=O)NC1=O)C2=O. The van der Waals surface area contributed by atoms with Gasteiger partial charge in [-0.1, -0.05) is 14.6 Å². The molecule has 0 radical (unpaired) electrons. The lowest BCUT2D eigenvalue weighted by molar-refractivity contribution is -0.137. The summed E-state index contributed by atoms with van der Waals surface area (Å²) in [5, 5.41) is 5.13. The minimum atomic E-state index is -0.687. The molecule has 0 aromatic heterocycles. The molecule has 4 amide bonds. The van der Waals surface area contributed by atoms with Crippen LogP contribution in [0.15, 0.2) is 18.2 Å². The van der Waals surface area contributed by atoms with Gasteiger partial charge in [-0.3, -0.25) is 29.3 Å². The molecule has 9 heteroatoms. The Morgan fingerprint density at radius 2 is 1.97 bits per heavy atom. The Morgan fingerprint density at radius 3 is 2.69 bits per heavy atom. The van der Waals surface area contributed by atoms with Gasteiger partial charge in [0.2, 0.25) is 17.7 Å². The second-order valence-electron chi connectivity index (χ2n) is 7.16. The first-order valence-electron chi connectivity index (χ1n) is 9.67. The second-order valence-corrected chi connectivity index (χ2v) is 8.22. The summed E-state index contributed by atoms with van der Waals surface area (Å²) in [6.07, 6.45) is 2.59. The summed E-state index contributed by atoms with van der Waals surface area (Å²) >= 11 is 0. The monoisotopic (exact) mass is 417 g/mol. The third-order valence-corrected chi connectivity index (χ3v) is 6.00. The highest BCUT2D eigenvalue weighted by Crippen LogP contribution is 2.32. The third kappa shape index (κ3) is 4.88. The van der Waals surface area contributed by atoms with Gasteiger partial charge in [-0.15, -0.1) is 0 Å². The first-order chi connectivity index (χ1) is 13.9. The number of fused-ring (bicyclic) bond motifs is 1. The van der Waals surface area contributed by atoms with Crippen molar-refractivity contribution < 1.29 is 24.0 Å². The normalized spacial score (nSPS) is 18.9. The Morgan fingerprint density at radius 1 is 1.21 bits per heavy atom. The Bertz CT molecular complexity index is 870. The van der Waals surface area contributed by atoms with E-state index in [9.17, 15) is 24.0 Å². The van der Waals surface area contributed by atoms with Gasteiger partial charge in [0.25, 0.3) is 5.91 Å². The zero-order chi connectivity index (χ0) is 21.0. The molecule has 1 saturated heterocycles. The predicted octanol–water partition coefficient (Wildman–Crippen LogP) is 1.78. The lowest BCUT2D eigenvalue weighted by Gasteiger charge is -2.29. The Hall–Kier alpha value is -2.60. The lowest BCUT2D eigenvalue weighted by Crippen LogP contribution is -2.52. The van der Waals surface area contributed by atoms with E-state index in [2.05, 4.69) is 10.6 Å². The van der Waals surface area contributed by atoms with Crippen molar-refractivity contribution in [2.75, 3.05) is 12.0 Å². The van der Waals surface area contributed by atoms with Gasteiger partial charge in [-0.05, 0) is 38.1 Å². The molecule has 1 aromatic carbocycles. The van der Waals surface area contributed by atoms with Gasteiger partial charge >= 0.3 is 0 Å². The molecule has 29 heavy (non-hydrogen) atoms. The molecule has 2 unspecified atom stereocenters. The third-order valence-electron chi connectivity index (χ3n) is 5.19. The molecule has 1 fully saturated rings. The number of rotatable bonds is 8. The van der Waals surface area contributed by atoms with E-state index in [0.717, 1.165) is 0 Å². The maximum Gasteiger partial charge on any atom is 0.255 e. The number of piperidine rings is 1. The molecule has 1 aromatic rings. The van der Waals surface area contributed by atoms with Crippen LogP contribution in [0.2, 0.25) is 0 Å². The Balaban J connectivity index is 1.63. The van der Waals surface area contributed by atoms with Crippen LogP contribution in [0.5, 0.6) is 0 Å². The molecule has 3 rings (SSSR count). The average molecular weight is 417 g/mol. The summed E-state index contributed by atoms with van der Waals surface area (Å²) in [7, 11) is 0.289. The molecule has 2 aliphatic rings. The minimum Gasteiger partial charge on any atom is -0.326 e. The molecular formula is C20H24N3O5P. The second kappa shape index (κ2) is 9.27. The van der Waals surface area contributed by atoms with E-state index in [1.54, 1.807) is 18.2 Å². The maximum atomic E-state index is 12.8. The number of nitrogens with zero attached hydrogens (tertiary/aromatic N) is 1. The van der Waals surface area contributed by atoms with E-state index in [1.165, 1.54) is 4.90 Å². The van der Waals surface area contributed by atoms with Gasteiger partial charge in [0, 0.05) is 42.6 Å². The van der Waals surface area contributed by atoms with E-state index in [-0.39, 0.29) is 44.8 Å².